The number of hydrogen-bond donors (Lipinski definition) is 1. The largest absolute Gasteiger partial charge is 0.457 e. The highest BCUT2D eigenvalue weighted by Gasteiger charge is 2.04. The average Bonchev–Trinajstić information content (AvgIpc) is 2.41. The maximum Gasteiger partial charge on any atom is 0.128 e. The van der Waals surface area contributed by atoms with E-state index in [4.69, 9.17) is 4.74 Å². The van der Waals surface area contributed by atoms with Gasteiger partial charge < -0.3 is 10.1 Å². The second-order valence-electron chi connectivity index (χ2n) is 5.34. The molecule has 2 nitrogen and oxygen atoms in total. The molecule has 1 N–H and O–H groups in total. The molecule has 0 aliphatic heterocycles. The first-order valence-corrected chi connectivity index (χ1v) is 8.84. The average molecular weight is 460 g/mol. The van der Waals surface area contributed by atoms with Crippen LogP contribution in [-0.2, 0) is 6.54 Å². The number of benzene rings is 2. The summed E-state index contributed by atoms with van der Waals surface area (Å²) < 4.78 is 8.12. The lowest BCUT2D eigenvalue weighted by molar-refractivity contribution is 0.481. The Hall–Kier alpha value is -0.590. The van der Waals surface area contributed by atoms with Crippen LogP contribution >= 0.6 is 38.5 Å². The summed E-state index contributed by atoms with van der Waals surface area (Å²) in [4.78, 5) is 0. The summed E-state index contributed by atoms with van der Waals surface area (Å²) >= 11 is 5.90. The van der Waals surface area contributed by atoms with E-state index >= 15 is 0 Å². The van der Waals surface area contributed by atoms with Crippen LogP contribution in [0.5, 0.6) is 11.5 Å². The fraction of sp³-hybridized carbons (Fsp3) is 0.294. The lowest BCUT2D eigenvalue weighted by Crippen LogP contribution is -2.19. The smallest absolute Gasteiger partial charge is 0.128 e. The van der Waals surface area contributed by atoms with Crippen LogP contribution in [0.3, 0.4) is 0 Å². The summed E-state index contributed by atoms with van der Waals surface area (Å²) in [5, 5.41) is 3.45. The summed E-state index contributed by atoms with van der Waals surface area (Å²) in [5.74, 6) is 2.36. The Morgan fingerprint density at radius 2 is 1.90 bits per heavy atom. The summed E-state index contributed by atoms with van der Waals surface area (Å²) in [7, 11) is 0. The second kappa shape index (κ2) is 8.15. The van der Waals surface area contributed by atoms with E-state index < -0.39 is 0 Å². The minimum Gasteiger partial charge on any atom is -0.457 e. The minimum absolute atomic E-state index is 0.659. The topological polar surface area (TPSA) is 21.3 Å². The maximum atomic E-state index is 5.88. The zero-order valence-electron chi connectivity index (χ0n) is 12.2. The molecule has 0 fully saturated rings. The van der Waals surface area contributed by atoms with Gasteiger partial charge in [-0.25, -0.2) is 0 Å². The van der Waals surface area contributed by atoms with E-state index in [-0.39, 0.29) is 0 Å². The van der Waals surface area contributed by atoms with Gasteiger partial charge in [-0.1, -0.05) is 41.9 Å². The highest BCUT2D eigenvalue weighted by molar-refractivity contribution is 14.1. The third-order valence-electron chi connectivity index (χ3n) is 2.92. The Labute approximate surface area is 148 Å². The molecule has 0 spiro atoms. The highest BCUT2D eigenvalue weighted by atomic mass is 127. The van der Waals surface area contributed by atoms with Gasteiger partial charge in [0.25, 0.3) is 0 Å². The van der Waals surface area contributed by atoms with Crippen molar-refractivity contribution in [2.45, 2.75) is 20.4 Å². The van der Waals surface area contributed by atoms with Crippen molar-refractivity contribution in [2.24, 2.45) is 5.92 Å². The van der Waals surface area contributed by atoms with E-state index in [0.29, 0.717) is 5.92 Å². The van der Waals surface area contributed by atoms with Crippen LogP contribution in [-0.4, -0.2) is 6.54 Å². The van der Waals surface area contributed by atoms with Crippen LogP contribution in [0.4, 0.5) is 0 Å². The molecule has 0 aliphatic rings. The van der Waals surface area contributed by atoms with Crippen molar-refractivity contribution in [1.29, 1.82) is 0 Å². The molecule has 0 bridgehead atoms. The quantitative estimate of drug-likeness (QED) is 0.568. The fourth-order valence-corrected chi connectivity index (χ4v) is 2.91. The van der Waals surface area contributed by atoms with Crippen molar-refractivity contribution in [3.05, 3.63) is 56.1 Å². The Morgan fingerprint density at radius 1 is 1.14 bits per heavy atom. The zero-order chi connectivity index (χ0) is 15.2. The van der Waals surface area contributed by atoms with Crippen molar-refractivity contribution in [2.75, 3.05) is 6.54 Å². The Balaban J connectivity index is 2.01. The molecule has 0 aliphatic carbocycles. The number of hydrogen-bond acceptors (Lipinski definition) is 2. The van der Waals surface area contributed by atoms with Gasteiger partial charge in [-0.15, -0.1) is 0 Å². The van der Waals surface area contributed by atoms with Gasteiger partial charge in [0.05, 0.1) is 0 Å². The zero-order valence-corrected chi connectivity index (χ0v) is 15.9. The van der Waals surface area contributed by atoms with Crippen molar-refractivity contribution in [1.82, 2.24) is 5.32 Å². The van der Waals surface area contributed by atoms with Crippen LogP contribution in [0.2, 0.25) is 0 Å². The van der Waals surface area contributed by atoms with Crippen molar-refractivity contribution in [3.8, 4) is 11.5 Å². The summed E-state index contributed by atoms with van der Waals surface area (Å²) in [6.45, 7) is 6.30. The molecule has 0 saturated heterocycles. The van der Waals surface area contributed by atoms with Crippen LogP contribution < -0.4 is 10.1 Å². The summed E-state index contributed by atoms with van der Waals surface area (Å²) in [6, 6.07) is 14.2. The van der Waals surface area contributed by atoms with Gasteiger partial charge in [-0.05, 0) is 70.9 Å². The Bertz CT molecular complexity index is 601. The molecule has 0 radical (unpaired) electrons. The van der Waals surface area contributed by atoms with E-state index in [1.54, 1.807) is 0 Å². The molecule has 0 atom stereocenters. The van der Waals surface area contributed by atoms with Crippen LogP contribution in [0, 0.1) is 9.49 Å². The van der Waals surface area contributed by atoms with Crippen LogP contribution in [0.15, 0.2) is 46.9 Å². The van der Waals surface area contributed by atoms with Crippen molar-refractivity contribution >= 4 is 38.5 Å². The molecule has 2 aromatic rings. The van der Waals surface area contributed by atoms with Gasteiger partial charge in [0, 0.05) is 14.6 Å². The summed E-state index contributed by atoms with van der Waals surface area (Å²) in [6.07, 6.45) is 0. The van der Waals surface area contributed by atoms with E-state index in [1.807, 2.05) is 36.4 Å². The molecule has 21 heavy (non-hydrogen) atoms. The fourth-order valence-electron chi connectivity index (χ4n) is 1.90. The van der Waals surface area contributed by atoms with Gasteiger partial charge >= 0.3 is 0 Å². The minimum atomic E-state index is 0.659. The van der Waals surface area contributed by atoms with Gasteiger partial charge in [-0.3, -0.25) is 0 Å². The number of halogens is 2. The normalized spacial score (nSPS) is 10.9. The molecular weight excluding hydrogens is 441 g/mol. The van der Waals surface area contributed by atoms with E-state index in [0.717, 1.165) is 29.1 Å². The van der Waals surface area contributed by atoms with Crippen molar-refractivity contribution < 1.29 is 4.74 Å². The molecular formula is C17H19BrINO. The molecule has 2 aromatic carbocycles. The predicted molar refractivity (Wildman–Crippen MR) is 99.9 cm³/mol. The van der Waals surface area contributed by atoms with Crippen LogP contribution in [0.1, 0.15) is 19.4 Å². The highest BCUT2D eigenvalue weighted by Crippen LogP contribution is 2.27. The molecule has 4 heteroatoms. The lowest BCUT2D eigenvalue weighted by Gasteiger charge is -2.11. The first-order chi connectivity index (χ1) is 10.0. The summed E-state index contributed by atoms with van der Waals surface area (Å²) in [5.41, 5.74) is 1.24. The van der Waals surface area contributed by atoms with Gasteiger partial charge in [0.15, 0.2) is 0 Å². The molecule has 0 saturated carbocycles. The Kier molecular flexibility index (Phi) is 6.51. The second-order valence-corrected chi connectivity index (χ2v) is 7.44. The van der Waals surface area contributed by atoms with E-state index in [1.165, 1.54) is 9.13 Å². The molecule has 112 valence electrons. The van der Waals surface area contributed by atoms with Gasteiger partial charge in [0.1, 0.15) is 11.5 Å². The first kappa shape index (κ1) is 16.8. The predicted octanol–water partition coefficient (Wildman–Crippen LogP) is 5.59. The number of ether oxygens (including phenoxy) is 1. The first-order valence-electron chi connectivity index (χ1n) is 6.97. The Morgan fingerprint density at radius 3 is 2.57 bits per heavy atom. The molecule has 0 unspecified atom stereocenters. The standard InChI is InChI=1S/C17H19BrINO/c1-12(2)10-20-11-13-6-7-16(9-17(13)18)21-15-5-3-4-14(19)8-15/h3-9,12,20H,10-11H2,1-2H3. The molecule has 0 heterocycles. The van der Waals surface area contributed by atoms with Gasteiger partial charge in [-0.2, -0.15) is 0 Å². The lowest BCUT2D eigenvalue weighted by atomic mass is 10.2. The molecule has 0 amide bonds. The van der Waals surface area contributed by atoms with Crippen molar-refractivity contribution in [3.63, 3.8) is 0 Å². The van der Waals surface area contributed by atoms with Gasteiger partial charge in [0.2, 0.25) is 0 Å². The third-order valence-corrected chi connectivity index (χ3v) is 4.33. The van der Waals surface area contributed by atoms with Crippen LogP contribution in [0.25, 0.3) is 0 Å². The monoisotopic (exact) mass is 459 g/mol. The maximum absolute atomic E-state index is 5.88. The van der Waals surface area contributed by atoms with E-state index in [9.17, 15) is 0 Å². The molecule has 2 rings (SSSR count). The number of nitrogens with one attached hydrogen (secondary N) is 1. The number of rotatable bonds is 6. The third kappa shape index (κ3) is 5.60. The molecule has 0 aromatic heterocycles. The SMILES string of the molecule is CC(C)CNCc1ccc(Oc2cccc(I)c2)cc1Br. The van der Waals surface area contributed by atoms with E-state index in [2.05, 4.69) is 63.8 Å².